The van der Waals surface area contributed by atoms with Gasteiger partial charge in [0, 0.05) is 25.0 Å². The Morgan fingerprint density at radius 2 is 1.91 bits per heavy atom. The summed E-state index contributed by atoms with van der Waals surface area (Å²) in [6, 6.07) is 12.5. The van der Waals surface area contributed by atoms with Gasteiger partial charge < -0.3 is 9.88 Å². The molecule has 0 aliphatic rings. The standard InChI is InChI=1S/C20H28N2O/c1-3-4-14-22-16-19(15-17(22)2)20(23)21-13-9-8-12-18-10-6-5-7-11-18/h5-7,10-11,15-16H,3-4,8-9,12-14H2,1-2H3,(H,21,23). The molecule has 1 aromatic carbocycles. The number of aromatic nitrogens is 1. The molecule has 1 N–H and O–H groups in total. The molecule has 1 amide bonds. The van der Waals surface area contributed by atoms with Crippen molar-refractivity contribution in [2.24, 2.45) is 0 Å². The normalized spacial score (nSPS) is 10.7. The highest BCUT2D eigenvalue weighted by Crippen LogP contribution is 2.10. The fourth-order valence-corrected chi connectivity index (χ4v) is 2.71. The fourth-order valence-electron chi connectivity index (χ4n) is 2.71. The van der Waals surface area contributed by atoms with Crippen molar-refractivity contribution < 1.29 is 4.79 Å². The first-order valence-corrected chi connectivity index (χ1v) is 8.69. The third-order valence-electron chi connectivity index (χ3n) is 4.15. The molecular weight excluding hydrogens is 284 g/mol. The van der Waals surface area contributed by atoms with Crippen molar-refractivity contribution in [3.05, 3.63) is 59.4 Å². The Balaban J connectivity index is 1.70. The van der Waals surface area contributed by atoms with E-state index in [-0.39, 0.29) is 5.91 Å². The second kappa shape index (κ2) is 9.19. The molecule has 3 nitrogen and oxygen atoms in total. The van der Waals surface area contributed by atoms with Gasteiger partial charge in [-0.2, -0.15) is 0 Å². The second-order valence-electron chi connectivity index (χ2n) is 6.12. The van der Waals surface area contributed by atoms with Crippen LogP contribution in [0.25, 0.3) is 0 Å². The molecule has 23 heavy (non-hydrogen) atoms. The van der Waals surface area contributed by atoms with Crippen LogP contribution in [0.3, 0.4) is 0 Å². The van der Waals surface area contributed by atoms with E-state index in [4.69, 9.17) is 0 Å². The molecule has 0 saturated carbocycles. The third-order valence-corrected chi connectivity index (χ3v) is 4.15. The number of nitrogens with one attached hydrogen (secondary N) is 1. The van der Waals surface area contributed by atoms with Crippen LogP contribution in [0.5, 0.6) is 0 Å². The first kappa shape index (κ1) is 17.3. The average Bonchev–Trinajstić information content (AvgIpc) is 2.94. The van der Waals surface area contributed by atoms with E-state index in [2.05, 4.69) is 48.0 Å². The quantitative estimate of drug-likeness (QED) is 0.686. The van der Waals surface area contributed by atoms with Gasteiger partial charge in [0.2, 0.25) is 0 Å². The van der Waals surface area contributed by atoms with Crippen LogP contribution >= 0.6 is 0 Å². The molecule has 0 fully saturated rings. The summed E-state index contributed by atoms with van der Waals surface area (Å²) >= 11 is 0. The topological polar surface area (TPSA) is 34.0 Å². The van der Waals surface area contributed by atoms with Crippen LogP contribution in [0.1, 0.15) is 54.2 Å². The van der Waals surface area contributed by atoms with E-state index >= 15 is 0 Å². The Bertz CT molecular complexity index is 601. The number of rotatable bonds is 9. The molecule has 0 atom stereocenters. The number of unbranched alkanes of at least 4 members (excludes halogenated alkanes) is 2. The first-order valence-electron chi connectivity index (χ1n) is 8.69. The maximum absolute atomic E-state index is 12.2. The molecule has 0 bridgehead atoms. The van der Waals surface area contributed by atoms with E-state index in [0.29, 0.717) is 0 Å². The van der Waals surface area contributed by atoms with Gasteiger partial charge in [-0.25, -0.2) is 0 Å². The van der Waals surface area contributed by atoms with Gasteiger partial charge in [0.15, 0.2) is 0 Å². The van der Waals surface area contributed by atoms with E-state index in [1.807, 2.05) is 18.3 Å². The molecule has 0 unspecified atom stereocenters. The van der Waals surface area contributed by atoms with Crippen molar-refractivity contribution in [3.8, 4) is 0 Å². The molecule has 1 aromatic heterocycles. The van der Waals surface area contributed by atoms with Gasteiger partial charge in [-0.1, -0.05) is 43.7 Å². The van der Waals surface area contributed by atoms with Gasteiger partial charge in [-0.05, 0) is 44.2 Å². The molecule has 3 heteroatoms. The molecule has 0 aliphatic heterocycles. The predicted molar refractivity (Wildman–Crippen MR) is 95.8 cm³/mol. The van der Waals surface area contributed by atoms with Crippen LogP contribution in [0, 0.1) is 6.92 Å². The lowest BCUT2D eigenvalue weighted by molar-refractivity contribution is 0.0953. The van der Waals surface area contributed by atoms with Crippen molar-refractivity contribution in [1.82, 2.24) is 9.88 Å². The summed E-state index contributed by atoms with van der Waals surface area (Å²) in [5, 5.41) is 3.03. The molecule has 0 spiro atoms. The minimum atomic E-state index is 0.0445. The predicted octanol–water partition coefficient (Wildman–Crippen LogP) is 4.35. The van der Waals surface area contributed by atoms with Crippen molar-refractivity contribution in [1.29, 1.82) is 0 Å². The summed E-state index contributed by atoms with van der Waals surface area (Å²) in [6.45, 7) is 5.98. The van der Waals surface area contributed by atoms with Gasteiger partial charge in [0.05, 0.1) is 5.56 Å². The van der Waals surface area contributed by atoms with Gasteiger partial charge in [0.25, 0.3) is 5.91 Å². The lowest BCUT2D eigenvalue weighted by Gasteiger charge is -2.05. The van der Waals surface area contributed by atoms with Crippen molar-refractivity contribution in [2.45, 2.75) is 52.5 Å². The minimum Gasteiger partial charge on any atom is -0.352 e. The second-order valence-corrected chi connectivity index (χ2v) is 6.12. The van der Waals surface area contributed by atoms with E-state index in [0.717, 1.165) is 50.0 Å². The van der Waals surface area contributed by atoms with Crippen LogP contribution in [0.15, 0.2) is 42.6 Å². The molecular formula is C20H28N2O. The minimum absolute atomic E-state index is 0.0445. The average molecular weight is 312 g/mol. The highest BCUT2D eigenvalue weighted by molar-refractivity contribution is 5.94. The number of benzene rings is 1. The summed E-state index contributed by atoms with van der Waals surface area (Å²) in [5.74, 6) is 0.0445. The Morgan fingerprint density at radius 1 is 1.13 bits per heavy atom. The number of nitrogens with zero attached hydrogens (tertiary/aromatic N) is 1. The lowest BCUT2D eigenvalue weighted by atomic mass is 10.1. The maximum atomic E-state index is 12.2. The lowest BCUT2D eigenvalue weighted by Crippen LogP contribution is -2.24. The Labute approximate surface area is 139 Å². The third kappa shape index (κ3) is 5.59. The summed E-state index contributed by atoms with van der Waals surface area (Å²) in [4.78, 5) is 12.2. The number of hydrogen-bond donors (Lipinski definition) is 1. The zero-order valence-electron chi connectivity index (χ0n) is 14.3. The molecule has 2 rings (SSSR count). The smallest absolute Gasteiger partial charge is 0.252 e. The van der Waals surface area contributed by atoms with Gasteiger partial charge in [-0.3, -0.25) is 4.79 Å². The Kier molecular flexibility index (Phi) is 6.92. The van der Waals surface area contributed by atoms with Crippen LogP contribution < -0.4 is 5.32 Å². The van der Waals surface area contributed by atoms with Gasteiger partial charge in [0.1, 0.15) is 0 Å². The molecule has 0 radical (unpaired) electrons. The van der Waals surface area contributed by atoms with Crippen LogP contribution in [0.2, 0.25) is 0 Å². The SMILES string of the molecule is CCCCn1cc(C(=O)NCCCCc2ccccc2)cc1C. The summed E-state index contributed by atoms with van der Waals surface area (Å²) in [7, 11) is 0. The summed E-state index contributed by atoms with van der Waals surface area (Å²) in [6.07, 6.45) is 7.47. The van der Waals surface area contributed by atoms with E-state index in [9.17, 15) is 4.79 Å². The number of carbonyl (C=O) groups is 1. The number of aryl methyl sites for hydroxylation is 3. The molecule has 2 aromatic rings. The zero-order chi connectivity index (χ0) is 16.5. The first-order chi connectivity index (χ1) is 11.2. The van der Waals surface area contributed by atoms with Crippen molar-refractivity contribution >= 4 is 5.91 Å². The molecule has 0 saturated heterocycles. The van der Waals surface area contributed by atoms with Crippen LogP contribution in [-0.2, 0) is 13.0 Å². The zero-order valence-corrected chi connectivity index (χ0v) is 14.3. The molecule has 1 heterocycles. The number of carbonyl (C=O) groups excluding carboxylic acids is 1. The largest absolute Gasteiger partial charge is 0.352 e. The number of hydrogen-bond acceptors (Lipinski definition) is 1. The van der Waals surface area contributed by atoms with Crippen molar-refractivity contribution in [3.63, 3.8) is 0 Å². The highest BCUT2D eigenvalue weighted by atomic mass is 16.1. The van der Waals surface area contributed by atoms with E-state index in [1.165, 1.54) is 12.0 Å². The van der Waals surface area contributed by atoms with Crippen molar-refractivity contribution in [2.75, 3.05) is 6.54 Å². The maximum Gasteiger partial charge on any atom is 0.252 e. The van der Waals surface area contributed by atoms with E-state index < -0.39 is 0 Å². The van der Waals surface area contributed by atoms with Gasteiger partial charge >= 0.3 is 0 Å². The van der Waals surface area contributed by atoms with Crippen LogP contribution in [-0.4, -0.2) is 17.0 Å². The summed E-state index contributed by atoms with van der Waals surface area (Å²) < 4.78 is 2.17. The van der Waals surface area contributed by atoms with Gasteiger partial charge in [-0.15, -0.1) is 0 Å². The Hall–Kier alpha value is -2.03. The fraction of sp³-hybridized carbons (Fsp3) is 0.450. The summed E-state index contributed by atoms with van der Waals surface area (Å²) in [5.41, 5.74) is 3.30. The highest BCUT2D eigenvalue weighted by Gasteiger charge is 2.09. The van der Waals surface area contributed by atoms with Crippen LogP contribution in [0.4, 0.5) is 0 Å². The number of amides is 1. The van der Waals surface area contributed by atoms with E-state index in [1.54, 1.807) is 0 Å². The molecule has 124 valence electrons. The monoisotopic (exact) mass is 312 g/mol. The molecule has 0 aliphatic carbocycles. The Morgan fingerprint density at radius 3 is 2.65 bits per heavy atom.